The molecule has 2 bridgehead atoms. The van der Waals surface area contributed by atoms with Crippen LogP contribution in [-0.4, -0.2) is 45.7 Å². The fourth-order valence-corrected chi connectivity index (χ4v) is 7.57. The molecular formula is C31H42O7. The number of aliphatic hydroxyl groups excluding tert-OH is 1. The number of hydrogen-bond acceptors (Lipinski definition) is 7. The minimum Gasteiger partial charge on any atom is -0.451 e. The Hall–Kier alpha value is -2.51. The third kappa shape index (κ3) is 4.32. The first-order chi connectivity index (χ1) is 17.8. The maximum Gasteiger partial charge on any atom is 0.331 e. The zero-order valence-corrected chi connectivity index (χ0v) is 23.4. The van der Waals surface area contributed by atoms with Gasteiger partial charge in [-0.1, -0.05) is 64.8 Å². The van der Waals surface area contributed by atoms with Gasteiger partial charge in [0.15, 0.2) is 17.5 Å². The summed E-state index contributed by atoms with van der Waals surface area (Å²) in [5, 5.41) is 24.1. The summed E-state index contributed by atoms with van der Waals surface area (Å²) in [4.78, 5) is 39.2. The van der Waals surface area contributed by atoms with Crippen LogP contribution in [0.3, 0.4) is 0 Å². The fraction of sp³-hybridized carbons (Fsp3) is 0.645. The van der Waals surface area contributed by atoms with Crippen LogP contribution < -0.4 is 0 Å². The van der Waals surface area contributed by atoms with E-state index in [1.807, 2.05) is 13.0 Å². The fourth-order valence-electron chi connectivity index (χ4n) is 7.57. The highest BCUT2D eigenvalue weighted by molar-refractivity contribution is 5.95. The number of Topliss-reactive ketones (excluding diaryl/α,β-unsaturated/α-hetero) is 1. The van der Waals surface area contributed by atoms with E-state index in [1.165, 1.54) is 19.1 Å². The molecule has 7 nitrogen and oxygen atoms in total. The number of aliphatic hydroxyl groups is 2. The van der Waals surface area contributed by atoms with Gasteiger partial charge in [0.05, 0.1) is 5.41 Å². The summed E-state index contributed by atoms with van der Waals surface area (Å²) in [5.41, 5.74) is -3.35. The molecule has 0 heterocycles. The summed E-state index contributed by atoms with van der Waals surface area (Å²) in [6, 6.07) is 0. The lowest BCUT2D eigenvalue weighted by Crippen LogP contribution is -2.65. The Morgan fingerprint density at radius 3 is 2.58 bits per heavy atom. The van der Waals surface area contributed by atoms with E-state index in [0.29, 0.717) is 12.0 Å². The molecule has 2 saturated carbocycles. The van der Waals surface area contributed by atoms with Gasteiger partial charge in [0.2, 0.25) is 0 Å². The molecule has 0 amide bonds. The lowest BCUT2D eigenvalue weighted by atomic mass is 9.59. The van der Waals surface area contributed by atoms with Crippen LogP contribution in [0, 0.1) is 34.5 Å². The van der Waals surface area contributed by atoms with Gasteiger partial charge in [0.25, 0.3) is 0 Å². The molecule has 2 N–H and O–H groups in total. The quantitative estimate of drug-likeness (QED) is 0.157. The van der Waals surface area contributed by atoms with E-state index in [9.17, 15) is 24.6 Å². The number of rotatable bonds is 8. The minimum absolute atomic E-state index is 0.000661. The smallest absolute Gasteiger partial charge is 0.331 e. The Morgan fingerprint density at radius 2 is 1.92 bits per heavy atom. The number of esters is 2. The second-order valence-corrected chi connectivity index (χ2v) is 12.2. The van der Waals surface area contributed by atoms with Crippen molar-refractivity contribution in [1.29, 1.82) is 0 Å². The van der Waals surface area contributed by atoms with E-state index < -0.39 is 41.1 Å². The number of carbonyl (C=O) groups is 3. The molecule has 2 unspecified atom stereocenters. The zero-order chi connectivity index (χ0) is 28.0. The number of unbranched alkanes of at least 4 members (excludes halogenated alkanes) is 3. The van der Waals surface area contributed by atoms with Crippen LogP contribution in [-0.2, 0) is 23.9 Å². The Labute approximate surface area is 225 Å². The highest BCUT2D eigenvalue weighted by atomic mass is 16.6. The molecule has 1 spiro atoms. The van der Waals surface area contributed by atoms with Gasteiger partial charge in [0.1, 0.15) is 11.9 Å². The lowest BCUT2D eigenvalue weighted by Gasteiger charge is -2.48. The summed E-state index contributed by atoms with van der Waals surface area (Å²) >= 11 is 0. The van der Waals surface area contributed by atoms with Crippen molar-refractivity contribution in [1.82, 2.24) is 0 Å². The van der Waals surface area contributed by atoms with Gasteiger partial charge >= 0.3 is 11.9 Å². The maximum absolute atomic E-state index is 14.4. The molecule has 0 aromatic rings. The van der Waals surface area contributed by atoms with Gasteiger partial charge in [-0.2, -0.15) is 0 Å². The van der Waals surface area contributed by atoms with Crippen molar-refractivity contribution in [3.63, 3.8) is 0 Å². The monoisotopic (exact) mass is 526 g/mol. The number of fused-ring (bicyclic) bond motifs is 3. The molecular weight excluding hydrogens is 484 g/mol. The topological polar surface area (TPSA) is 110 Å². The van der Waals surface area contributed by atoms with Gasteiger partial charge in [-0.15, -0.1) is 0 Å². The third-order valence-electron chi connectivity index (χ3n) is 9.53. The van der Waals surface area contributed by atoms with Crippen molar-refractivity contribution in [2.75, 3.05) is 0 Å². The molecule has 8 atom stereocenters. The summed E-state index contributed by atoms with van der Waals surface area (Å²) in [7, 11) is 0. The lowest BCUT2D eigenvalue weighted by molar-refractivity contribution is -0.205. The molecule has 0 saturated heterocycles. The number of ketones is 1. The Morgan fingerprint density at radius 1 is 1.21 bits per heavy atom. The Balaban J connectivity index is 1.70. The zero-order valence-electron chi connectivity index (χ0n) is 23.4. The first-order valence-electron chi connectivity index (χ1n) is 13.9. The molecule has 0 aliphatic heterocycles. The molecule has 208 valence electrons. The minimum atomic E-state index is -2.23. The molecule has 0 aromatic heterocycles. The second-order valence-electron chi connectivity index (χ2n) is 12.2. The van der Waals surface area contributed by atoms with Gasteiger partial charge < -0.3 is 19.7 Å². The van der Waals surface area contributed by atoms with Crippen LogP contribution in [0.5, 0.6) is 0 Å². The van der Waals surface area contributed by atoms with Crippen LogP contribution >= 0.6 is 0 Å². The SMILES string of the molecule is CCCCC/C=C/C=C/C(=O)O[C@H]1C(C)=C[C@]23C(=O)[C@@H](C=C(OC(C)=O)[C@@H](O)[C@]12O)C1C(C[C@H]3C)C1(C)C. The van der Waals surface area contributed by atoms with E-state index >= 15 is 0 Å². The van der Waals surface area contributed by atoms with Crippen LogP contribution in [0.15, 0.2) is 47.8 Å². The van der Waals surface area contributed by atoms with Gasteiger partial charge in [-0.25, -0.2) is 4.79 Å². The van der Waals surface area contributed by atoms with Crippen molar-refractivity contribution >= 4 is 17.7 Å². The molecule has 7 heteroatoms. The molecule has 0 aromatic carbocycles. The number of carbonyl (C=O) groups excluding carboxylic acids is 3. The van der Waals surface area contributed by atoms with E-state index in [-0.39, 0.29) is 34.7 Å². The number of ether oxygens (including phenoxy) is 2. The molecule has 4 rings (SSSR count). The van der Waals surface area contributed by atoms with Crippen molar-refractivity contribution in [3.05, 3.63) is 47.8 Å². The van der Waals surface area contributed by atoms with Gasteiger partial charge in [-0.05, 0) is 61.0 Å². The highest BCUT2D eigenvalue weighted by Gasteiger charge is 2.76. The molecule has 4 aliphatic rings. The average molecular weight is 527 g/mol. The molecule has 38 heavy (non-hydrogen) atoms. The van der Waals surface area contributed by atoms with Crippen molar-refractivity contribution in [2.24, 2.45) is 34.5 Å². The normalized spacial score (nSPS) is 39.1. The first kappa shape index (κ1) is 28.5. The van der Waals surface area contributed by atoms with Crippen LogP contribution in [0.25, 0.3) is 0 Å². The maximum atomic E-state index is 14.4. The van der Waals surface area contributed by atoms with Crippen LogP contribution in [0.2, 0.25) is 0 Å². The predicted molar refractivity (Wildman–Crippen MR) is 142 cm³/mol. The summed E-state index contributed by atoms with van der Waals surface area (Å²) in [6.07, 6.45) is 11.7. The second kappa shape index (κ2) is 10.2. The largest absolute Gasteiger partial charge is 0.451 e. The molecule has 2 fully saturated rings. The van der Waals surface area contributed by atoms with E-state index in [2.05, 4.69) is 20.8 Å². The summed E-state index contributed by atoms with van der Waals surface area (Å²) in [6.45, 7) is 11.2. The molecule has 4 aliphatic carbocycles. The van der Waals surface area contributed by atoms with E-state index in [1.54, 1.807) is 25.2 Å². The van der Waals surface area contributed by atoms with Crippen molar-refractivity contribution in [3.8, 4) is 0 Å². The first-order valence-corrected chi connectivity index (χ1v) is 13.9. The standard InChI is InChI=1S/C31H42O7/c1-7-8-9-10-11-12-13-14-24(33)38-28-18(2)17-30-19(3)15-22-25(29(22,5)6)21(26(30)34)16-23(37-20(4)32)27(35)31(28,30)36/h11-14,16-17,19,21-22,25,27-28,35-36H,7-10,15H2,1-6H3/b12-11+,14-13+/t19-,21+,22?,25?,27-,28+,30+,31+/m1/s1. The third-order valence-corrected chi connectivity index (χ3v) is 9.53. The highest BCUT2D eigenvalue weighted by Crippen LogP contribution is 2.71. The van der Waals surface area contributed by atoms with Crippen molar-refractivity contribution in [2.45, 2.75) is 91.5 Å². The van der Waals surface area contributed by atoms with Crippen LogP contribution in [0.1, 0.15) is 73.6 Å². The van der Waals surface area contributed by atoms with Crippen LogP contribution in [0.4, 0.5) is 0 Å². The Bertz CT molecular complexity index is 1110. The number of hydrogen-bond donors (Lipinski definition) is 2. The number of allylic oxidation sites excluding steroid dienone is 4. The van der Waals surface area contributed by atoms with E-state index in [0.717, 1.165) is 25.7 Å². The van der Waals surface area contributed by atoms with Gasteiger partial charge in [-0.3, -0.25) is 9.59 Å². The van der Waals surface area contributed by atoms with Crippen molar-refractivity contribution < 1.29 is 34.1 Å². The summed E-state index contributed by atoms with van der Waals surface area (Å²) in [5.74, 6) is -2.51. The average Bonchev–Trinajstić information content (AvgIpc) is 3.33. The summed E-state index contributed by atoms with van der Waals surface area (Å²) < 4.78 is 11.2. The molecule has 0 radical (unpaired) electrons. The predicted octanol–water partition coefficient (Wildman–Crippen LogP) is 4.59. The Kier molecular flexibility index (Phi) is 7.67. The van der Waals surface area contributed by atoms with E-state index in [4.69, 9.17) is 9.47 Å². The van der Waals surface area contributed by atoms with Gasteiger partial charge in [0, 0.05) is 18.9 Å².